The van der Waals surface area contributed by atoms with Crippen molar-refractivity contribution in [1.29, 1.82) is 0 Å². The molecule has 0 aliphatic carbocycles. The molecule has 0 aliphatic rings. The molecule has 0 radical (unpaired) electrons. The zero-order valence-electron chi connectivity index (χ0n) is 9.99. The van der Waals surface area contributed by atoms with Crippen LogP contribution in [0.3, 0.4) is 0 Å². The summed E-state index contributed by atoms with van der Waals surface area (Å²) in [5.41, 5.74) is 8.51. The molecule has 0 saturated carbocycles. The molecule has 0 aliphatic heterocycles. The molecule has 19 heavy (non-hydrogen) atoms. The average Bonchev–Trinajstić information content (AvgIpc) is 2.38. The van der Waals surface area contributed by atoms with Gasteiger partial charge in [0.05, 0.1) is 0 Å². The van der Waals surface area contributed by atoms with Gasteiger partial charge in [-0.2, -0.15) is 0 Å². The molecule has 0 bridgehead atoms. The maximum atomic E-state index is 5.95. The Morgan fingerprint density at radius 1 is 1.26 bits per heavy atom. The largest absolute Gasteiger partial charge is 0.389 e. The zero-order valence-corrected chi connectivity index (χ0v) is 13.1. The molecule has 0 saturated heterocycles. The lowest BCUT2D eigenvalue weighted by atomic mass is 10.1. The number of rotatable bonds is 4. The van der Waals surface area contributed by atoms with Crippen LogP contribution in [0.2, 0.25) is 5.02 Å². The van der Waals surface area contributed by atoms with Crippen molar-refractivity contribution in [2.75, 3.05) is 5.32 Å². The number of thiocarbonyl (C=S) groups is 1. The van der Waals surface area contributed by atoms with Crippen LogP contribution in [-0.4, -0.2) is 4.99 Å². The van der Waals surface area contributed by atoms with Crippen molar-refractivity contribution >= 4 is 50.4 Å². The number of hydrogen-bond donors (Lipinski definition) is 2. The van der Waals surface area contributed by atoms with Crippen molar-refractivity contribution in [2.24, 2.45) is 5.73 Å². The fourth-order valence-corrected chi connectivity index (χ4v) is 2.47. The average molecular weight is 356 g/mol. The molecule has 0 amide bonds. The Kier molecular flexibility index (Phi) is 4.80. The second-order valence-electron chi connectivity index (χ2n) is 4.00. The van der Waals surface area contributed by atoms with Crippen LogP contribution in [0.15, 0.2) is 46.9 Å². The molecule has 5 heteroatoms. The lowest BCUT2D eigenvalue weighted by Crippen LogP contribution is -2.13. The third kappa shape index (κ3) is 3.69. The highest BCUT2D eigenvalue weighted by atomic mass is 79.9. The fraction of sp³-hybridized carbons (Fsp3) is 0.0714. The van der Waals surface area contributed by atoms with Crippen molar-refractivity contribution in [3.8, 4) is 0 Å². The van der Waals surface area contributed by atoms with E-state index in [2.05, 4.69) is 21.2 Å². The standard InChI is InChI=1S/C14H12BrClN2S/c15-12-4-2-1-3-9(12)8-18-13-6-5-10(16)7-11(13)14(17)19/h1-7,18H,8H2,(H2,17,19). The maximum Gasteiger partial charge on any atom is 0.106 e. The van der Waals surface area contributed by atoms with Crippen molar-refractivity contribution in [3.63, 3.8) is 0 Å². The number of anilines is 1. The molecule has 0 fully saturated rings. The Labute approximate surface area is 131 Å². The van der Waals surface area contributed by atoms with Gasteiger partial charge in [0.2, 0.25) is 0 Å². The predicted molar refractivity (Wildman–Crippen MR) is 88.8 cm³/mol. The van der Waals surface area contributed by atoms with Crippen LogP contribution < -0.4 is 11.1 Å². The van der Waals surface area contributed by atoms with Gasteiger partial charge in [0.1, 0.15) is 4.99 Å². The quantitative estimate of drug-likeness (QED) is 0.801. The van der Waals surface area contributed by atoms with Crippen LogP contribution in [0.1, 0.15) is 11.1 Å². The first kappa shape index (κ1) is 14.3. The van der Waals surface area contributed by atoms with E-state index >= 15 is 0 Å². The van der Waals surface area contributed by atoms with Gasteiger partial charge >= 0.3 is 0 Å². The topological polar surface area (TPSA) is 38.0 Å². The van der Waals surface area contributed by atoms with Crippen LogP contribution in [0.5, 0.6) is 0 Å². The smallest absolute Gasteiger partial charge is 0.106 e. The summed E-state index contributed by atoms with van der Waals surface area (Å²) < 4.78 is 1.06. The molecule has 98 valence electrons. The van der Waals surface area contributed by atoms with Gasteiger partial charge in [0.25, 0.3) is 0 Å². The van der Waals surface area contributed by atoms with Crippen molar-refractivity contribution in [3.05, 3.63) is 63.1 Å². The highest BCUT2D eigenvalue weighted by molar-refractivity contribution is 9.10. The highest BCUT2D eigenvalue weighted by Gasteiger charge is 2.06. The third-order valence-electron chi connectivity index (χ3n) is 2.67. The molecule has 0 aromatic heterocycles. The van der Waals surface area contributed by atoms with Gasteiger partial charge in [-0.25, -0.2) is 0 Å². The van der Waals surface area contributed by atoms with Gasteiger partial charge in [0.15, 0.2) is 0 Å². The van der Waals surface area contributed by atoms with E-state index < -0.39 is 0 Å². The molecule has 0 heterocycles. The number of nitrogens with two attached hydrogens (primary N) is 1. The van der Waals surface area contributed by atoms with Crippen LogP contribution >= 0.6 is 39.7 Å². The van der Waals surface area contributed by atoms with E-state index in [1.807, 2.05) is 36.4 Å². The van der Waals surface area contributed by atoms with E-state index in [0.29, 0.717) is 16.6 Å². The molecule has 3 N–H and O–H groups in total. The summed E-state index contributed by atoms with van der Waals surface area (Å²) in [5.74, 6) is 0. The minimum atomic E-state index is 0.331. The predicted octanol–water partition coefficient (Wildman–Crippen LogP) is 4.35. The zero-order chi connectivity index (χ0) is 13.8. The van der Waals surface area contributed by atoms with Gasteiger partial charge in [-0.1, -0.05) is 57.9 Å². The first-order valence-electron chi connectivity index (χ1n) is 5.64. The first-order chi connectivity index (χ1) is 9.08. The summed E-state index contributed by atoms with van der Waals surface area (Å²) in [6, 6.07) is 13.5. The Hall–Kier alpha value is -1.10. The summed E-state index contributed by atoms with van der Waals surface area (Å²) >= 11 is 14.5. The SMILES string of the molecule is NC(=S)c1cc(Cl)ccc1NCc1ccccc1Br. The number of halogens is 2. The van der Waals surface area contributed by atoms with Crippen LogP contribution in [0.25, 0.3) is 0 Å². The maximum absolute atomic E-state index is 5.95. The minimum absolute atomic E-state index is 0.331. The van der Waals surface area contributed by atoms with E-state index in [1.165, 1.54) is 0 Å². The number of benzene rings is 2. The normalized spacial score (nSPS) is 10.2. The molecule has 2 aromatic rings. The Morgan fingerprint density at radius 2 is 2.00 bits per heavy atom. The third-order valence-corrected chi connectivity index (χ3v) is 3.90. The summed E-state index contributed by atoms with van der Waals surface area (Å²) in [4.78, 5) is 0.331. The van der Waals surface area contributed by atoms with Gasteiger partial charge in [-0.3, -0.25) is 0 Å². The van der Waals surface area contributed by atoms with E-state index in [9.17, 15) is 0 Å². The molecule has 2 nitrogen and oxygen atoms in total. The molecule has 0 unspecified atom stereocenters. The Balaban J connectivity index is 2.20. The Bertz CT molecular complexity index is 616. The second-order valence-corrected chi connectivity index (χ2v) is 5.73. The Morgan fingerprint density at radius 3 is 2.68 bits per heavy atom. The number of nitrogens with one attached hydrogen (secondary N) is 1. The number of hydrogen-bond acceptors (Lipinski definition) is 2. The highest BCUT2D eigenvalue weighted by Crippen LogP contribution is 2.23. The first-order valence-corrected chi connectivity index (χ1v) is 7.22. The van der Waals surface area contributed by atoms with Crippen LogP contribution in [0.4, 0.5) is 5.69 Å². The van der Waals surface area contributed by atoms with Crippen molar-refractivity contribution < 1.29 is 0 Å². The van der Waals surface area contributed by atoms with Gasteiger partial charge in [-0.15, -0.1) is 0 Å². The summed E-state index contributed by atoms with van der Waals surface area (Å²) in [6.45, 7) is 0.679. The van der Waals surface area contributed by atoms with E-state index in [1.54, 1.807) is 6.07 Å². The lowest BCUT2D eigenvalue weighted by Gasteiger charge is -2.12. The van der Waals surface area contributed by atoms with E-state index in [4.69, 9.17) is 29.6 Å². The second kappa shape index (κ2) is 6.37. The van der Waals surface area contributed by atoms with Crippen LogP contribution in [-0.2, 0) is 6.54 Å². The van der Waals surface area contributed by atoms with Gasteiger partial charge < -0.3 is 11.1 Å². The van der Waals surface area contributed by atoms with E-state index in [-0.39, 0.29) is 0 Å². The van der Waals surface area contributed by atoms with Crippen molar-refractivity contribution in [1.82, 2.24) is 0 Å². The molecule has 0 atom stereocenters. The molecular weight excluding hydrogens is 344 g/mol. The monoisotopic (exact) mass is 354 g/mol. The summed E-state index contributed by atoms with van der Waals surface area (Å²) in [7, 11) is 0. The fourth-order valence-electron chi connectivity index (χ4n) is 1.71. The summed E-state index contributed by atoms with van der Waals surface area (Å²) in [6.07, 6.45) is 0. The van der Waals surface area contributed by atoms with E-state index in [0.717, 1.165) is 21.3 Å². The molecule has 0 spiro atoms. The van der Waals surface area contributed by atoms with Crippen molar-refractivity contribution in [2.45, 2.75) is 6.54 Å². The van der Waals surface area contributed by atoms with Gasteiger partial charge in [-0.05, 0) is 29.8 Å². The van der Waals surface area contributed by atoms with Crippen LogP contribution in [0, 0.1) is 0 Å². The molecule has 2 rings (SSSR count). The molecular formula is C14H12BrClN2S. The summed E-state index contributed by atoms with van der Waals surface area (Å²) in [5, 5.41) is 3.94. The lowest BCUT2D eigenvalue weighted by molar-refractivity contribution is 1.14. The minimum Gasteiger partial charge on any atom is -0.389 e. The molecule has 2 aromatic carbocycles. The van der Waals surface area contributed by atoms with Gasteiger partial charge in [0, 0.05) is 27.3 Å².